The number of carbonyl (C=O) groups excluding carboxylic acids is 1. The van der Waals surface area contributed by atoms with Gasteiger partial charge < -0.3 is 9.55 Å². The molecule has 1 aliphatic carbocycles. The number of aryl methyl sites for hydroxylation is 1. The molecule has 0 saturated heterocycles. The second kappa shape index (κ2) is 9.55. The van der Waals surface area contributed by atoms with Gasteiger partial charge in [0, 0.05) is 34.3 Å². The van der Waals surface area contributed by atoms with E-state index in [9.17, 15) is 4.79 Å². The molecule has 0 amide bonds. The van der Waals surface area contributed by atoms with Crippen molar-refractivity contribution in [3.8, 4) is 0 Å². The highest BCUT2D eigenvalue weighted by atomic mass is 16.1. The third-order valence-electron chi connectivity index (χ3n) is 8.28. The molecule has 0 spiro atoms. The summed E-state index contributed by atoms with van der Waals surface area (Å²) in [5, 5.41) is 0.994. The van der Waals surface area contributed by atoms with E-state index in [2.05, 4.69) is 101 Å². The second-order valence-electron chi connectivity index (χ2n) is 10.4. The van der Waals surface area contributed by atoms with Gasteiger partial charge in [-0.3, -0.25) is 4.79 Å². The Hall–Kier alpha value is -4.70. The molecule has 4 aromatic carbocycles. The number of hydrogen-bond acceptors (Lipinski definition) is 2. The Labute approximate surface area is 228 Å². The van der Waals surface area contributed by atoms with Gasteiger partial charge in [0.25, 0.3) is 0 Å². The summed E-state index contributed by atoms with van der Waals surface area (Å²) in [6.07, 6.45) is 6.12. The zero-order valence-corrected chi connectivity index (χ0v) is 21.6. The SMILES string of the molecule is O=C(c1c[nH]c2ccccc12)C1CCc2ncn(C(c3ccccc3)(c3ccccc3)c3ccccc3)c2C1. The van der Waals surface area contributed by atoms with E-state index >= 15 is 0 Å². The molecule has 4 nitrogen and oxygen atoms in total. The highest BCUT2D eigenvalue weighted by Crippen LogP contribution is 2.43. The number of fused-ring (bicyclic) bond motifs is 2. The van der Waals surface area contributed by atoms with Gasteiger partial charge in [-0.05, 0) is 42.0 Å². The number of benzene rings is 4. The second-order valence-corrected chi connectivity index (χ2v) is 10.4. The molecule has 7 rings (SSSR count). The van der Waals surface area contributed by atoms with Crippen LogP contribution in [0.15, 0.2) is 128 Å². The van der Waals surface area contributed by atoms with E-state index in [1.807, 2.05) is 36.8 Å². The molecule has 4 heteroatoms. The van der Waals surface area contributed by atoms with E-state index in [-0.39, 0.29) is 11.7 Å². The Morgan fingerprint density at radius 2 is 1.33 bits per heavy atom. The van der Waals surface area contributed by atoms with Crippen LogP contribution in [0.3, 0.4) is 0 Å². The predicted molar refractivity (Wildman–Crippen MR) is 155 cm³/mol. The molecule has 0 radical (unpaired) electrons. The summed E-state index contributed by atoms with van der Waals surface area (Å²) in [4.78, 5) is 22.2. The summed E-state index contributed by atoms with van der Waals surface area (Å²) < 4.78 is 2.34. The van der Waals surface area contributed by atoms with Gasteiger partial charge in [0.05, 0.1) is 12.0 Å². The number of aromatic amines is 1. The number of rotatable bonds is 6. The minimum Gasteiger partial charge on any atom is -0.360 e. The van der Waals surface area contributed by atoms with Gasteiger partial charge in [-0.25, -0.2) is 4.98 Å². The van der Waals surface area contributed by atoms with Gasteiger partial charge >= 0.3 is 0 Å². The number of nitrogens with zero attached hydrogens (tertiary/aromatic N) is 2. The minimum absolute atomic E-state index is 0.104. The molecule has 0 aliphatic heterocycles. The quantitative estimate of drug-likeness (QED) is 0.192. The molecule has 2 heterocycles. The zero-order chi connectivity index (χ0) is 26.2. The normalized spacial score (nSPS) is 15.2. The first-order chi connectivity index (χ1) is 19.3. The number of Topliss-reactive ketones (excluding diaryl/α,β-unsaturated/α-hetero) is 1. The van der Waals surface area contributed by atoms with Crippen molar-refractivity contribution in [2.24, 2.45) is 5.92 Å². The van der Waals surface area contributed by atoms with Gasteiger partial charge in [-0.2, -0.15) is 0 Å². The van der Waals surface area contributed by atoms with E-state index in [0.29, 0.717) is 6.42 Å². The maximum atomic E-state index is 13.9. The molecule has 1 N–H and O–H groups in total. The van der Waals surface area contributed by atoms with Gasteiger partial charge in [0.1, 0.15) is 5.54 Å². The Bertz CT molecular complexity index is 1650. The van der Waals surface area contributed by atoms with Crippen molar-refractivity contribution in [3.63, 3.8) is 0 Å². The van der Waals surface area contributed by atoms with Crippen molar-refractivity contribution in [1.29, 1.82) is 0 Å². The molecule has 1 atom stereocenters. The van der Waals surface area contributed by atoms with Crippen LogP contribution in [0.2, 0.25) is 0 Å². The lowest BCUT2D eigenvalue weighted by Gasteiger charge is -2.39. The fraction of sp³-hybridized carbons (Fsp3) is 0.143. The Morgan fingerprint density at radius 1 is 0.769 bits per heavy atom. The maximum Gasteiger partial charge on any atom is 0.168 e. The van der Waals surface area contributed by atoms with Gasteiger partial charge in [0.15, 0.2) is 5.78 Å². The smallest absolute Gasteiger partial charge is 0.168 e. The van der Waals surface area contributed by atoms with E-state index < -0.39 is 5.54 Å². The largest absolute Gasteiger partial charge is 0.360 e. The molecule has 190 valence electrons. The molecule has 1 aliphatic rings. The van der Waals surface area contributed by atoms with Crippen LogP contribution < -0.4 is 0 Å². The average molecular weight is 508 g/mol. The fourth-order valence-corrected chi connectivity index (χ4v) is 6.45. The fourth-order valence-electron chi connectivity index (χ4n) is 6.45. The van der Waals surface area contributed by atoms with Gasteiger partial charge in [-0.1, -0.05) is 109 Å². The molecule has 6 aromatic rings. The van der Waals surface area contributed by atoms with Crippen LogP contribution in [0.25, 0.3) is 10.9 Å². The first-order valence-electron chi connectivity index (χ1n) is 13.6. The van der Waals surface area contributed by atoms with Crippen LogP contribution in [-0.2, 0) is 18.4 Å². The third kappa shape index (κ3) is 3.75. The summed E-state index contributed by atoms with van der Waals surface area (Å²) in [5.74, 6) is 0.0998. The van der Waals surface area contributed by atoms with E-state index in [1.54, 1.807) is 0 Å². The number of para-hydroxylation sites is 1. The molecular formula is C35H29N3O. The van der Waals surface area contributed by atoms with Crippen molar-refractivity contribution in [2.75, 3.05) is 0 Å². The maximum absolute atomic E-state index is 13.9. The number of imidazole rings is 1. The Morgan fingerprint density at radius 3 is 1.95 bits per heavy atom. The van der Waals surface area contributed by atoms with Crippen LogP contribution in [-0.4, -0.2) is 20.3 Å². The molecule has 0 fully saturated rings. The van der Waals surface area contributed by atoms with E-state index in [4.69, 9.17) is 4.98 Å². The van der Waals surface area contributed by atoms with Crippen molar-refractivity contribution >= 4 is 16.7 Å². The standard InChI is InChI=1S/C35H29N3O/c39-34(30-23-36-31-19-11-10-18-29(30)31)25-20-21-32-33(22-25)38(24-37-32)35(26-12-4-1-5-13-26,27-14-6-2-7-15-27)28-16-8-3-9-17-28/h1-19,23-25,36H,20-22H2. The van der Waals surface area contributed by atoms with Gasteiger partial charge in [-0.15, -0.1) is 0 Å². The Kier molecular flexibility index (Phi) is 5.74. The number of H-pyrrole nitrogens is 1. The first kappa shape index (κ1) is 23.4. The molecule has 2 aromatic heterocycles. The predicted octanol–water partition coefficient (Wildman–Crippen LogP) is 7.19. The lowest BCUT2D eigenvalue weighted by atomic mass is 9.75. The van der Waals surface area contributed by atoms with Crippen LogP contribution in [0, 0.1) is 5.92 Å². The highest BCUT2D eigenvalue weighted by molar-refractivity contribution is 6.09. The number of ketones is 1. The van der Waals surface area contributed by atoms with Crippen LogP contribution in [0.4, 0.5) is 0 Å². The molecule has 0 bridgehead atoms. The molecular weight excluding hydrogens is 478 g/mol. The molecule has 0 saturated carbocycles. The van der Waals surface area contributed by atoms with Crippen molar-refractivity contribution in [3.05, 3.63) is 161 Å². The van der Waals surface area contributed by atoms with Crippen LogP contribution in [0.1, 0.15) is 44.9 Å². The van der Waals surface area contributed by atoms with Crippen molar-refractivity contribution in [1.82, 2.24) is 14.5 Å². The Balaban J connectivity index is 1.40. The third-order valence-corrected chi connectivity index (χ3v) is 8.28. The summed E-state index contributed by atoms with van der Waals surface area (Å²) in [5.41, 5.74) is 6.86. The van der Waals surface area contributed by atoms with E-state index in [0.717, 1.165) is 57.4 Å². The average Bonchev–Trinajstić information content (AvgIpc) is 3.64. The van der Waals surface area contributed by atoms with Crippen LogP contribution >= 0.6 is 0 Å². The monoisotopic (exact) mass is 507 g/mol. The minimum atomic E-state index is -0.629. The lowest BCUT2D eigenvalue weighted by Crippen LogP contribution is -2.39. The lowest BCUT2D eigenvalue weighted by molar-refractivity contribution is 0.0908. The number of hydrogen-bond donors (Lipinski definition) is 1. The van der Waals surface area contributed by atoms with Crippen molar-refractivity contribution < 1.29 is 4.79 Å². The molecule has 1 unspecified atom stereocenters. The van der Waals surface area contributed by atoms with Gasteiger partial charge in [0.2, 0.25) is 0 Å². The summed E-state index contributed by atoms with van der Waals surface area (Å²) in [6.45, 7) is 0. The van der Waals surface area contributed by atoms with Crippen LogP contribution in [0.5, 0.6) is 0 Å². The molecule has 39 heavy (non-hydrogen) atoms. The number of aromatic nitrogens is 3. The van der Waals surface area contributed by atoms with Crippen molar-refractivity contribution in [2.45, 2.75) is 24.8 Å². The summed E-state index contributed by atoms with van der Waals surface area (Å²) in [7, 11) is 0. The topological polar surface area (TPSA) is 50.7 Å². The highest BCUT2D eigenvalue weighted by Gasteiger charge is 2.42. The summed E-state index contributed by atoms with van der Waals surface area (Å²) in [6, 6.07) is 40.0. The number of carbonyl (C=O) groups is 1. The first-order valence-corrected chi connectivity index (χ1v) is 13.6. The van der Waals surface area contributed by atoms with E-state index in [1.165, 1.54) is 0 Å². The zero-order valence-electron chi connectivity index (χ0n) is 21.6. The number of nitrogens with one attached hydrogen (secondary N) is 1. The summed E-state index contributed by atoms with van der Waals surface area (Å²) >= 11 is 0.